The zero-order valence-electron chi connectivity index (χ0n) is 17.9. The molecule has 6 bridgehead atoms. The second-order valence-corrected chi connectivity index (χ2v) is 11.2. The lowest BCUT2D eigenvalue weighted by molar-refractivity contribution is -0.146. The summed E-state index contributed by atoms with van der Waals surface area (Å²) in [5.74, 6) is 3.25. The summed E-state index contributed by atoms with van der Waals surface area (Å²) in [5.41, 5.74) is 2.44. The maximum atomic E-state index is 12.1. The molecule has 29 heavy (non-hydrogen) atoms. The van der Waals surface area contributed by atoms with Crippen molar-refractivity contribution in [2.45, 2.75) is 101 Å². The normalized spacial score (nSPS) is 43.3. The molecule has 2 heterocycles. The first-order chi connectivity index (χ1) is 14.1. The quantitative estimate of drug-likeness (QED) is 0.672. The fourth-order valence-corrected chi connectivity index (χ4v) is 8.79. The van der Waals surface area contributed by atoms with Gasteiger partial charge in [0.1, 0.15) is 0 Å². The third-order valence-electron chi connectivity index (χ3n) is 9.19. The third-order valence-corrected chi connectivity index (χ3v) is 9.19. The van der Waals surface area contributed by atoms with Crippen molar-refractivity contribution in [3.63, 3.8) is 0 Å². The molecule has 156 valence electrons. The second-order valence-electron chi connectivity index (χ2n) is 11.2. The van der Waals surface area contributed by atoms with Crippen LogP contribution in [0.15, 0.2) is 24.3 Å². The summed E-state index contributed by atoms with van der Waals surface area (Å²) in [6.07, 6.45) is 15.8. The second kappa shape index (κ2) is 6.83. The van der Waals surface area contributed by atoms with E-state index in [1.54, 1.807) is 6.92 Å². The predicted molar refractivity (Wildman–Crippen MR) is 117 cm³/mol. The number of carbonyl (C=O) groups is 1. The van der Waals surface area contributed by atoms with Crippen molar-refractivity contribution in [2.75, 3.05) is 5.32 Å². The zero-order valence-corrected chi connectivity index (χ0v) is 17.9. The van der Waals surface area contributed by atoms with Crippen molar-refractivity contribution in [3.05, 3.63) is 29.8 Å². The van der Waals surface area contributed by atoms with E-state index < -0.39 is 0 Å². The van der Waals surface area contributed by atoms with Crippen LogP contribution in [0.3, 0.4) is 0 Å². The number of hydrogen-bond donors (Lipinski definition) is 1. The van der Waals surface area contributed by atoms with Gasteiger partial charge < -0.3 is 5.32 Å². The van der Waals surface area contributed by atoms with Crippen molar-refractivity contribution in [1.29, 1.82) is 0 Å². The lowest BCUT2D eigenvalue weighted by Crippen LogP contribution is -2.68. The number of nitrogens with one attached hydrogen (secondary N) is 1. The standard InChI is InChI=1S/C26H36N2O/c1-17(29)24-7-2-3-8-25(24)27-21-12-22-5-4-6-23(13-21)28(22)26-14-18-9-19(15-26)11-20(10-18)16-26/h2-3,7-8,18-23,27H,4-6,9-16H2,1H3/t18?,19?,20?,21?,22-,23+,26?. The van der Waals surface area contributed by atoms with Gasteiger partial charge in [0.05, 0.1) is 0 Å². The minimum absolute atomic E-state index is 0.166. The van der Waals surface area contributed by atoms with Gasteiger partial charge in [-0.2, -0.15) is 0 Å². The van der Waals surface area contributed by atoms with Crippen molar-refractivity contribution in [2.24, 2.45) is 17.8 Å². The minimum atomic E-state index is 0.166. The monoisotopic (exact) mass is 392 g/mol. The van der Waals surface area contributed by atoms with Crippen LogP contribution in [0.5, 0.6) is 0 Å². The van der Waals surface area contributed by atoms with Crippen LogP contribution >= 0.6 is 0 Å². The highest BCUT2D eigenvalue weighted by atomic mass is 16.1. The van der Waals surface area contributed by atoms with Gasteiger partial charge >= 0.3 is 0 Å². The Kier molecular flexibility index (Phi) is 4.34. The molecule has 1 unspecified atom stereocenters. The molecule has 1 N–H and O–H groups in total. The third kappa shape index (κ3) is 3.07. The average Bonchev–Trinajstić information content (AvgIpc) is 2.66. The highest BCUT2D eigenvalue weighted by Crippen LogP contribution is 2.60. The van der Waals surface area contributed by atoms with Crippen molar-refractivity contribution >= 4 is 11.5 Å². The number of piperidine rings is 2. The largest absolute Gasteiger partial charge is 0.382 e. The molecule has 0 radical (unpaired) electrons. The van der Waals surface area contributed by atoms with Crippen molar-refractivity contribution < 1.29 is 4.79 Å². The molecule has 2 saturated heterocycles. The maximum absolute atomic E-state index is 12.1. The molecule has 3 heteroatoms. The molecule has 7 rings (SSSR count). The number of benzene rings is 1. The van der Waals surface area contributed by atoms with E-state index in [1.165, 1.54) is 70.6 Å². The molecule has 0 aromatic heterocycles. The van der Waals surface area contributed by atoms with Crippen LogP contribution in [0.4, 0.5) is 5.69 Å². The van der Waals surface area contributed by atoms with Gasteiger partial charge in [0.2, 0.25) is 0 Å². The molecule has 1 aromatic rings. The van der Waals surface area contributed by atoms with Gasteiger partial charge in [-0.3, -0.25) is 9.69 Å². The Morgan fingerprint density at radius 3 is 2.10 bits per heavy atom. The van der Waals surface area contributed by atoms with Gasteiger partial charge in [-0.05, 0) is 101 Å². The van der Waals surface area contributed by atoms with Crippen LogP contribution in [0.1, 0.15) is 87.9 Å². The van der Waals surface area contributed by atoms with E-state index in [9.17, 15) is 4.79 Å². The number of anilines is 1. The molecule has 6 fully saturated rings. The van der Waals surface area contributed by atoms with E-state index in [2.05, 4.69) is 22.3 Å². The average molecular weight is 393 g/mol. The van der Waals surface area contributed by atoms with Gasteiger partial charge in [0, 0.05) is 34.9 Å². The van der Waals surface area contributed by atoms with Gasteiger partial charge in [-0.15, -0.1) is 0 Å². The number of fused-ring (bicyclic) bond motifs is 2. The Morgan fingerprint density at radius 2 is 1.52 bits per heavy atom. The van der Waals surface area contributed by atoms with Crippen LogP contribution in [0.2, 0.25) is 0 Å². The molecule has 4 aliphatic carbocycles. The zero-order chi connectivity index (χ0) is 19.6. The first-order valence-corrected chi connectivity index (χ1v) is 12.2. The molecular formula is C26H36N2O. The predicted octanol–water partition coefficient (Wildman–Crippen LogP) is 5.66. The molecule has 2 aliphatic heterocycles. The van der Waals surface area contributed by atoms with E-state index in [0.29, 0.717) is 11.6 Å². The summed E-state index contributed by atoms with van der Waals surface area (Å²) in [5, 5.41) is 3.81. The lowest BCUT2D eigenvalue weighted by Gasteiger charge is -2.66. The van der Waals surface area contributed by atoms with E-state index in [4.69, 9.17) is 0 Å². The molecular weight excluding hydrogens is 356 g/mol. The summed E-state index contributed by atoms with van der Waals surface area (Å²) in [4.78, 5) is 15.2. The number of hydrogen-bond acceptors (Lipinski definition) is 3. The molecule has 0 amide bonds. The van der Waals surface area contributed by atoms with Crippen LogP contribution in [0, 0.1) is 17.8 Å². The maximum Gasteiger partial charge on any atom is 0.161 e. The van der Waals surface area contributed by atoms with Crippen LogP contribution in [-0.4, -0.2) is 34.3 Å². The summed E-state index contributed by atoms with van der Waals surface area (Å²) in [6, 6.07) is 10.1. The van der Waals surface area contributed by atoms with Crippen LogP contribution < -0.4 is 5.32 Å². The Balaban J connectivity index is 1.24. The molecule has 4 saturated carbocycles. The Bertz CT molecular complexity index is 752. The van der Waals surface area contributed by atoms with Gasteiger partial charge in [-0.1, -0.05) is 18.6 Å². The highest BCUT2D eigenvalue weighted by molar-refractivity contribution is 5.99. The van der Waals surface area contributed by atoms with E-state index in [1.807, 2.05) is 12.1 Å². The topological polar surface area (TPSA) is 32.3 Å². The first-order valence-electron chi connectivity index (χ1n) is 12.2. The number of para-hydroxylation sites is 1. The fourth-order valence-electron chi connectivity index (χ4n) is 8.79. The van der Waals surface area contributed by atoms with Gasteiger partial charge in [-0.25, -0.2) is 0 Å². The minimum Gasteiger partial charge on any atom is -0.382 e. The van der Waals surface area contributed by atoms with Gasteiger partial charge in [0.25, 0.3) is 0 Å². The lowest BCUT2D eigenvalue weighted by atomic mass is 9.51. The highest BCUT2D eigenvalue weighted by Gasteiger charge is 2.57. The van der Waals surface area contributed by atoms with Crippen molar-refractivity contribution in [3.8, 4) is 0 Å². The number of rotatable bonds is 4. The number of nitrogens with zero attached hydrogens (tertiary/aromatic N) is 1. The van der Waals surface area contributed by atoms with Crippen LogP contribution in [0.25, 0.3) is 0 Å². The van der Waals surface area contributed by atoms with E-state index >= 15 is 0 Å². The number of ketones is 1. The molecule has 6 aliphatic rings. The molecule has 3 atom stereocenters. The molecule has 1 aromatic carbocycles. The SMILES string of the molecule is CC(=O)c1ccccc1NC1C[C@H]2CCC[C@@H](C1)N2C12CC3CC(CC(C3)C1)C2. The summed E-state index contributed by atoms with van der Waals surface area (Å²) >= 11 is 0. The van der Waals surface area contributed by atoms with Crippen LogP contribution in [-0.2, 0) is 0 Å². The fraction of sp³-hybridized carbons (Fsp3) is 0.731. The Morgan fingerprint density at radius 1 is 0.931 bits per heavy atom. The molecule has 0 spiro atoms. The van der Waals surface area contributed by atoms with Gasteiger partial charge in [0.15, 0.2) is 5.78 Å². The molecule has 3 nitrogen and oxygen atoms in total. The first kappa shape index (κ1) is 18.4. The van der Waals surface area contributed by atoms with E-state index in [0.717, 1.165) is 41.1 Å². The Labute approximate surface area is 175 Å². The summed E-state index contributed by atoms with van der Waals surface area (Å²) < 4.78 is 0. The number of Topliss-reactive ketones (excluding diaryl/α,β-unsaturated/α-hetero) is 1. The summed E-state index contributed by atoms with van der Waals surface area (Å²) in [6.45, 7) is 1.69. The Hall–Kier alpha value is -1.35. The van der Waals surface area contributed by atoms with Crippen molar-refractivity contribution in [1.82, 2.24) is 4.90 Å². The van der Waals surface area contributed by atoms with E-state index in [-0.39, 0.29) is 5.78 Å². The smallest absolute Gasteiger partial charge is 0.161 e. The summed E-state index contributed by atoms with van der Waals surface area (Å²) in [7, 11) is 0. The number of carbonyl (C=O) groups excluding carboxylic acids is 1.